The number of nitrogens with one attached hydrogen (secondary N) is 1. The highest BCUT2D eigenvalue weighted by Crippen LogP contribution is 2.20. The molecular formula is C21H15N3O4S. The van der Waals surface area contributed by atoms with Crippen LogP contribution in [-0.2, 0) is 11.3 Å². The second kappa shape index (κ2) is 8.49. The van der Waals surface area contributed by atoms with Gasteiger partial charge in [0.15, 0.2) is 6.61 Å². The molecule has 144 valence electrons. The summed E-state index contributed by atoms with van der Waals surface area (Å²) < 4.78 is 10.4. The molecule has 4 aromatic rings. The SMILES string of the molecule is O=C(Nc1ccccc1C(=O)OCc1nc(-c2ccsc2)no1)c1ccccc1. The monoisotopic (exact) mass is 405 g/mol. The average Bonchev–Trinajstić information content (AvgIpc) is 3.45. The standard InChI is InChI=1S/C21H15N3O4S/c25-20(14-6-2-1-3-7-14)22-17-9-5-4-8-16(17)21(26)27-12-18-23-19(24-28-18)15-10-11-29-13-15/h1-11,13H,12H2,(H,22,25). The van der Waals surface area contributed by atoms with E-state index in [9.17, 15) is 9.59 Å². The number of rotatable bonds is 6. The van der Waals surface area contributed by atoms with Crippen LogP contribution in [0.1, 0.15) is 26.6 Å². The van der Waals surface area contributed by atoms with Crippen molar-refractivity contribution < 1.29 is 18.8 Å². The van der Waals surface area contributed by atoms with Crippen molar-refractivity contribution >= 4 is 28.9 Å². The van der Waals surface area contributed by atoms with E-state index in [1.54, 1.807) is 48.5 Å². The molecule has 0 fully saturated rings. The molecule has 0 unspecified atom stereocenters. The van der Waals surface area contributed by atoms with Crippen molar-refractivity contribution in [2.75, 3.05) is 5.32 Å². The molecule has 29 heavy (non-hydrogen) atoms. The molecule has 2 heterocycles. The van der Waals surface area contributed by atoms with Crippen molar-refractivity contribution in [2.24, 2.45) is 0 Å². The Labute approximate surface area is 170 Å². The second-order valence-electron chi connectivity index (χ2n) is 5.97. The van der Waals surface area contributed by atoms with E-state index in [0.29, 0.717) is 17.1 Å². The summed E-state index contributed by atoms with van der Waals surface area (Å²) in [5.74, 6) is -0.300. The molecule has 0 saturated heterocycles. The molecule has 0 atom stereocenters. The molecule has 0 saturated carbocycles. The number of carbonyl (C=O) groups excluding carboxylic acids is 2. The summed E-state index contributed by atoms with van der Waals surface area (Å²) in [5.41, 5.74) is 1.91. The predicted octanol–water partition coefficient (Wildman–Crippen LogP) is 4.41. The molecule has 0 spiro atoms. The van der Waals surface area contributed by atoms with E-state index in [1.807, 2.05) is 22.9 Å². The first-order chi connectivity index (χ1) is 14.2. The van der Waals surface area contributed by atoms with Crippen LogP contribution < -0.4 is 5.32 Å². The maximum Gasteiger partial charge on any atom is 0.340 e. The lowest BCUT2D eigenvalue weighted by Gasteiger charge is -2.10. The van der Waals surface area contributed by atoms with E-state index in [4.69, 9.17) is 9.26 Å². The fraction of sp³-hybridized carbons (Fsp3) is 0.0476. The van der Waals surface area contributed by atoms with Crippen LogP contribution in [-0.4, -0.2) is 22.0 Å². The first kappa shape index (κ1) is 18.6. The quantitative estimate of drug-likeness (QED) is 0.478. The van der Waals surface area contributed by atoms with Gasteiger partial charge in [-0.3, -0.25) is 4.79 Å². The van der Waals surface area contributed by atoms with Crippen molar-refractivity contribution in [3.8, 4) is 11.4 Å². The third kappa shape index (κ3) is 4.39. The van der Waals surface area contributed by atoms with Crippen molar-refractivity contribution in [3.63, 3.8) is 0 Å². The number of thiophene rings is 1. The molecule has 0 aliphatic carbocycles. The second-order valence-corrected chi connectivity index (χ2v) is 6.75. The minimum Gasteiger partial charge on any atom is -0.452 e. The molecule has 1 amide bonds. The van der Waals surface area contributed by atoms with E-state index in [2.05, 4.69) is 15.5 Å². The molecule has 2 aromatic heterocycles. The van der Waals surface area contributed by atoms with Gasteiger partial charge in [0.2, 0.25) is 5.82 Å². The molecule has 0 aliphatic rings. The highest BCUT2D eigenvalue weighted by atomic mass is 32.1. The van der Waals surface area contributed by atoms with Gasteiger partial charge in [-0.05, 0) is 35.7 Å². The van der Waals surface area contributed by atoms with Crippen molar-refractivity contribution in [1.82, 2.24) is 10.1 Å². The Morgan fingerprint density at radius 2 is 1.83 bits per heavy atom. The maximum absolute atomic E-state index is 12.5. The van der Waals surface area contributed by atoms with Gasteiger partial charge in [0, 0.05) is 16.5 Å². The van der Waals surface area contributed by atoms with Gasteiger partial charge < -0.3 is 14.6 Å². The summed E-state index contributed by atoms with van der Waals surface area (Å²) in [4.78, 5) is 29.1. The zero-order valence-electron chi connectivity index (χ0n) is 15.1. The Morgan fingerprint density at radius 1 is 1.03 bits per heavy atom. The Kier molecular flexibility index (Phi) is 5.44. The molecule has 4 rings (SSSR count). The van der Waals surface area contributed by atoms with Gasteiger partial charge in [-0.2, -0.15) is 16.3 Å². The summed E-state index contributed by atoms with van der Waals surface area (Å²) in [5, 5.41) is 10.4. The van der Waals surface area contributed by atoms with Crippen LogP contribution in [0.4, 0.5) is 5.69 Å². The number of hydrogen-bond acceptors (Lipinski definition) is 7. The van der Waals surface area contributed by atoms with Crippen LogP contribution in [0.2, 0.25) is 0 Å². The Bertz CT molecular complexity index is 1120. The summed E-state index contributed by atoms with van der Waals surface area (Å²) in [6.07, 6.45) is 0. The normalized spacial score (nSPS) is 10.5. The number of amides is 1. The molecule has 8 heteroatoms. The van der Waals surface area contributed by atoms with Crippen LogP contribution in [0.15, 0.2) is 75.9 Å². The van der Waals surface area contributed by atoms with E-state index in [1.165, 1.54) is 11.3 Å². The van der Waals surface area contributed by atoms with E-state index >= 15 is 0 Å². The number of hydrogen-bond donors (Lipinski definition) is 1. The van der Waals surface area contributed by atoms with Crippen molar-refractivity contribution in [3.05, 3.63) is 88.4 Å². The number of aromatic nitrogens is 2. The minimum atomic E-state index is -0.607. The fourth-order valence-corrected chi connectivity index (χ4v) is 3.22. The van der Waals surface area contributed by atoms with E-state index in [-0.39, 0.29) is 24.0 Å². The van der Waals surface area contributed by atoms with Gasteiger partial charge in [0.25, 0.3) is 11.8 Å². The van der Waals surface area contributed by atoms with Crippen LogP contribution >= 0.6 is 11.3 Å². The topological polar surface area (TPSA) is 94.3 Å². The highest BCUT2D eigenvalue weighted by Gasteiger charge is 2.17. The largest absolute Gasteiger partial charge is 0.452 e. The number of carbonyl (C=O) groups is 2. The van der Waals surface area contributed by atoms with Gasteiger partial charge in [-0.1, -0.05) is 35.5 Å². The van der Waals surface area contributed by atoms with E-state index < -0.39 is 5.97 Å². The predicted molar refractivity (Wildman–Crippen MR) is 108 cm³/mol. The van der Waals surface area contributed by atoms with Gasteiger partial charge in [-0.25, -0.2) is 4.79 Å². The Hall–Kier alpha value is -3.78. The summed E-state index contributed by atoms with van der Waals surface area (Å²) >= 11 is 1.52. The Morgan fingerprint density at radius 3 is 2.62 bits per heavy atom. The summed E-state index contributed by atoms with van der Waals surface area (Å²) in [7, 11) is 0. The third-order valence-electron chi connectivity index (χ3n) is 4.01. The number of nitrogens with zero attached hydrogens (tertiary/aromatic N) is 2. The van der Waals surface area contributed by atoms with Gasteiger partial charge in [0.1, 0.15) is 0 Å². The fourth-order valence-electron chi connectivity index (χ4n) is 2.58. The van der Waals surface area contributed by atoms with Crippen LogP contribution in [0.3, 0.4) is 0 Å². The highest BCUT2D eigenvalue weighted by molar-refractivity contribution is 7.08. The van der Waals surface area contributed by atoms with Crippen LogP contribution in [0, 0.1) is 0 Å². The first-order valence-electron chi connectivity index (χ1n) is 8.68. The smallest absolute Gasteiger partial charge is 0.340 e. The third-order valence-corrected chi connectivity index (χ3v) is 4.69. The maximum atomic E-state index is 12.5. The zero-order chi connectivity index (χ0) is 20.1. The van der Waals surface area contributed by atoms with Gasteiger partial charge in [-0.15, -0.1) is 0 Å². The van der Waals surface area contributed by atoms with Crippen LogP contribution in [0.25, 0.3) is 11.4 Å². The molecule has 0 aliphatic heterocycles. The lowest BCUT2D eigenvalue weighted by molar-refractivity contribution is 0.0431. The number of anilines is 1. The molecular weight excluding hydrogens is 390 g/mol. The molecule has 7 nitrogen and oxygen atoms in total. The lowest BCUT2D eigenvalue weighted by Crippen LogP contribution is -2.15. The molecule has 0 radical (unpaired) electrons. The molecule has 0 bridgehead atoms. The number of ether oxygens (including phenoxy) is 1. The summed E-state index contributed by atoms with van der Waals surface area (Å²) in [6.45, 7) is -0.170. The summed E-state index contributed by atoms with van der Waals surface area (Å²) in [6, 6.07) is 17.2. The van der Waals surface area contributed by atoms with Gasteiger partial charge >= 0.3 is 5.97 Å². The van der Waals surface area contributed by atoms with Gasteiger partial charge in [0.05, 0.1) is 11.3 Å². The number of benzene rings is 2. The Balaban J connectivity index is 1.43. The minimum absolute atomic E-state index is 0.170. The number of esters is 1. The number of para-hydroxylation sites is 1. The average molecular weight is 405 g/mol. The molecule has 2 aromatic carbocycles. The lowest BCUT2D eigenvalue weighted by atomic mass is 10.1. The zero-order valence-corrected chi connectivity index (χ0v) is 15.9. The first-order valence-corrected chi connectivity index (χ1v) is 9.63. The molecule has 1 N–H and O–H groups in total. The van der Waals surface area contributed by atoms with Crippen molar-refractivity contribution in [2.45, 2.75) is 6.61 Å². The van der Waals surface area contributed by atoms with Crippen molar-refractivity contribution in [1.29, 1.82) is 0 Å². The van der Waals surface area contributed by atoms with Crippen LogP contribution in [0.5, 0.6) is 0 Å². The van der Waals surface area contributed by atoms with E-state index in [0.717, 1.165) is 5.56 Å².